The molecule has 0 aliphatic rings. The standard InChI is InChI=1S/C12H7F3N2O2S2/c13-12(14,15)8-2-1-3-9(6-8)17-21(18,19)11-5-4-10(7-16)20-11/h1-6,17H. The summed E-state index contributed by atoms with van der Waals surface area (Å²) in [4.78, 5) is 0.194. The van der Waals surface area contributed by atoms with Gasteiger partial charge in [-0.1, -0.05) is 6.07 Å². The lowest BCUT2D eigenvalue weighted by molar-refractivity contribution is -0.137. The Hall–Kier alpha value is -2.05. The molecule has 110 valence electrons. The number of thiophene rings is 1. The van der Waals surface area contributed by atoms with Gasteiger partial charge in [0.1, 0.15) is 15.2 Å². The van der Waals surface area contributed by atoms with E-state index in [0.29, 0.717) is 6.07 Å². The van der Waals surface area contributed by atoms with Gasteiger partial charge in [-0.05, 0) is 30.3 Å². The highest BCUT2D eigenvalue weighted by atomic mass is 32.2. The number of anilines is 1. The molecule has 0 saturated carbocycles. The Labute approximate surface area is 122 Å². The first-order valence-electron chi connectivity index (χ1n) is 5.42. The number of benzene rings is 1. The maximum atomic E-state index is 12.6. The molecule has 1 heterocycles. The van der Waals surface area contributed by atoms with Crippen LogP contribution in [-0.2, 0) is 16.2 Å². The first kappa shape index (κ1) is 15.3. The molecular formula is C12H7F3N2O2S2. The summed E-state index contributed by atoms with van der Waals surface area (Å²) >= 11 is 0.735. The van der Waals surface area contributed by atoms with Gasteiger partial charge in [0.05, 0.1) is 5.56 Å². The number of nitriles is 1. The van der Waals surface area contributed by atoms with Crippen molar-refractivity contribution < 1.29 is 21.6 Å². The third-order valence-corrected chi connectivity index (χ3v) is 5.26. The SMILES string of the molecule is N#Cc1ccc(S(=O)(=O)Nc2cccc(C(F)(F)F)c2)s1. The number of nitrogens with zero attached hydrogens (tertiary/aromatic N) is 1. The van der Waals surface area contributed by atoms with Gasteiger partial charge < -0.3 is 0 Å². The van der Waals surface area contributed by atoms with Crippen LogP contribution in [-0.4, -0.2) is 8.42 Å². The van der Waals surface area contributed by atoms with Crippen molar-refractivity contribution in [3.8, 4) is 6.07 Å². The molecule has 0 unspecified atom stereocenters. The summed E-state index contributed by atoms with van der Waals surface area (Å²) in [6, 6.07) is 8.21. The Bertz CT molecular complexity index is 804. The molecule has 0 spiro atoms. The van der Waals surface area contributed by atoms with Gasteiger partial charge in [0.25, 0.3) is 10.0 Å². The highest BCUT2D eigenvalue weighted by Crippen LogP contribution is 2.31. The van der Waals surface area contributed by atoms with Gasteiger partial charge >= 0.3 is 6.18 Å². The fourth-order valence-electron chi connectivity index (χ4n) is 1.49. The van der Waals surface area contributed by atoms with Gasteiger partial charge in [0, 0.05) is 5.69 Å². The molecule has 0 bridgehead atoms. The Morgan fingerprint density at radius 1 is 1.19 bits per heavy atom. The predicted molar refractivity (Wildman–Crippen MR) is 71.3 cm³/mol. The third-order valence-electron chi connectivity index (χ3n) is 2.40. The average molecular weight is 332 g/mol. The van der Waals surface area contributed by atoms with E-state index in [1.807, 2.05) is 0 Å². The summed E-state index contributed by atoms with van der Waals surface area (Å²) in [5.74, 6) is 0. The van der Waals surface area contributed by atoms with Crippen LogP contribution in [0.2, 0.25) is 0 Å². The maximum Gasteiger partial charge on any atom is 0.416 e. The van der Waals surface area contributed by atoms with Gasteiger partial charge in [-0.3, -0.25) is 4.72 Å². The molecule has 1 aromatic carbocycles. The van der Waals surface area contributed by atoms with Crippen LogP contribution in [0.3, 0.4) is 0 Å². The lowest BCUT2D eigenvalue weighted by Gasteiger charge is -2.10. The van der Waals surface area contributed by atoms with E-state index in [1.165, 1.54) is 18.2 Å². The quantitative estimate of drug-likeness (QED) is 0.936. The summed E-state index contributed by atoms with van der Waals surface area (Å²) in [5, 5.41) is 8.65. The first-order chi connectivity index (χ1) is 9.72. The third kappa shape index (κ3) is 3.53. The normalized spacial score (nSPS) is 11.9. The molecule has 2 rings (SSSR count). The number of sulfonamides is 1. The number of hydrogen-bond donors (Lipinski definition) is 1. The molecular weight excluding hydrogens is 325 g/mol. The van der Waals surface area contributed by atoms with Crippen molar-refractivity contribution >= 4 is 27.0 Å². The Balaban J connectivity index is 2.31. The summed E-state index contributed by atoms with van der Waals surface area (Å²) in [6.45, 7) is 0. The molecule has 4 nitrogen and oxygen atoms in total. The summed E-state index contributed by atoms with van der Waals surface area (Å²) in [6.07, 6.45) is -4.56. The number of rotatable bonds is 3. The summed E-state index contributed by atoms with van der Waals surface area (Å²) in [7, 11) is -4.01. The molecule has 21 heavy (non-hydrogen) atoms. The maximum absolute atomic E-state index is 12.6. The Morgan fingerprint density at radius 2 is 1.90 bits per heavy atom. The molecule has 0 amide bonds. The molecule has 0 saturated heterocycles. The minimum absolute atomic E-state index is 0.142. The van der Waals surface area contributed by atoms with Crippen molar-refractivity contribution in [2.24, 2.45) is 0 Å². The molecule has 2 aromatic rings. The fraction of sp³-hybridized carbons (Fsp3) is 0.0833. The van der Waals surface area contributed by atoms with Crippen LogP contribution in [0.5, 0.6) is 0 Å². The average Bonchev–Trinajstić information content (AvgIpc) is 2.87. The Morgan fingerprint density at radius 3 is 2.48 bits per heavy atom. The summed E-state index contributed by atoms with van der Waals surface area (Å²) < 4.78 is 63.6. The van der Waals surface area contributed by atoms with Crippen molar-refractivity contribution in [2.75, 3.05) is 4.72 Å². The minimum atomic E-state index is -4.56. The van der Waals surface area contributed by atoms with E-state index in [9.17, 15) is 21.6 Å². The van der Waals surface area contributed by atoms with Crippen LogP contribution in [0.1, 0.15) is 10.4 Å². The molecule has 1 aromatic heterocycles. The number of nitrogens with one attached hydrogen (secondary N) is 1. The van der Waals surface area contributed by atoms with Gasteiger partial charge in [-0.15, -0.1) is 11.3 Å². The van der Waals surface area contributed by atoms with Gasteiger partial charge in [-0.2, -0.15) is 18.4 Å². The van der Waals surface area contributed by atoms with Crippen LogP contribution < -0.4 is 4.72 Å². The molecule has 0 atom stereocenters. The van der Waals surface area contributed by atoms with Crippen LogP contribution in [0.25, 0.3) is 0 Å². The lowest BCUT2D eigenvalue weighted by Crippen LogP contribution is -2.12. The smallest absolute Gasteiger partial charge is 0.279 e. The lowest BCUT2D eigenvalue weighted by atomic mass is 10.2. The van der Waals surface area contributed by atoms with E-state index in [4.69, 9.17) is 5.26 Å². The molecule has 9 heteroatoms. The Kier molecular flexibility index (Phi) is 3.93. The van der Waals surface area contributed by atoms with Crippen molar-refractivity contribution in [3.63, 3.8) is 0 Å². The van der Waals surface area contributed by atoms with Gasteiger partial charge in [0.2, 0.25) is 0 Å². The van der Waals surface area contributed by atoms with E-state index < -0.39 is 21.8 Å². The van der Waals surface area contributed by atoms with Gasteiger partial charge in [-0.25, -0.2) is 8.42 Å². The van der Waals surface area contributed by atoms with Crippen molar-refractivity contribution in [3.05, 3.63) is 46.8 Å². The second-order valence-corrected chi connectivity index (χ2v) is 6.91. The second-order valence-electron chi connectivity index (χ2n) is 3.91. The number of alkyl halides is 3. The van der Waals surface area contributed by atoms with E-state index in [1.54, 1.807) is 6.07 Å². The van der Waals surface area contributed by atoms with E-state index >= 15 is 0 Å². The van der Waals surface area contributed by atoms with Gasteiger partial charge in [0.15, 0.2) is 0 Å². The second kappa shape index (κ2) is 5.38. The molecule has 0 aliphatic heterocycles. The van der Waals surface area contributed by atoms with E-state index in [0.717, 1.165) is 23.5 Å². The molecule has 0 radical (unpaired) electrons. The molecule has 1 N–H and O–H groups in total. The highest BCUT2D eigenvalue weighted by Gasteiger charge is 2.30. The van der Waals surface area contributed by atoms with Crippen LogP contribution in [0.15, 0.2) is 40.6 Å². The van der Waals surface area contributed by atoms with Crippen LogP contribution in [0, 0.1) is 11.3 Å². The topological polar surface area (TPSA) is 70.0 Å². The van der Waals surface area contributed by atoms with Crippen molar-refractivity contribution in [1.82, 2.24) is 0 Å². The first-order valence-corrected chi connectivity index (χ1v) is 7.72. The monoisotopic (exact) mass is 332 g/mol. The van der Waals surface area contributed by atoms with Crippen LogP contribution in [0.4, 0.5) is 18.9 Å². The van der Waals surface area contributed by atoms with Crippen molar-refractivity contribution in [2.45, 2.75) is 10.4 Å². The number of hydrogen-bond acceptors (Lipinski definition) is 4. The zero-order valence-corrected chi connectivity index (χ0v) is 11.8. The summed E-state index contributed by atoms with van der Waals surface area (Å²) in [5.41, 5.74) is -1.15. The zero-order chi connectivity index (χ0) is 15.7. The molecule has 0 fully saturated rings. The predicted octanol–water partition coefficient (Wildman–Crippen LogP) is 3.44. The highest BCUT2D eigenvalue weighted by molar-refractivity contribution is 7.94. The zero-order valence-electron chi connectivity index (χ0n) is 10.2. The minimum Gasteiger partial charge on any atom is -0.279 e. The van der Waals surface area contributed by atoms with E-state index in [-0.39, 0.29) is 14.8 Å². The van der Waals surface area contributed by atoms with Crippen molar-refractivity contribution in [1.29, 1.82) is 5.26 Å². The fourth-order valence-corrected chi connectivity index (χ4v) is 3.64. The van der Waals surface area contributed by atoms with E-state index in [2.05, 4.69) is 4.72 Å². The molecule has 0 aliphatic carbocycles. The number of halogens is 3. The largest absolute Gasteiger partial charge is 0.416 e. The van der Waals surface area contributed by atoms with Crippen LogP contribution >= 0.6 is 11.3 Å².